The fourth-order valence-electron chi connectivity index (χ4n) is 3.26. The van der Waals surface area contributed by atoms with Crippen LogP contribution < -0.4 is 16.0 Å². The number of benzene rings is 2. The average molecular weight is 366 g/mol. The second-order valence-corrected chi connectivity index (χ2v) is 6.87. The summed E-state index contributed by atoms with van der Waals surface area (Å²) in [5.41, 5.74) is 2.83. The predicted octanol–water partition coefficient (Wildman–Crippen LogP) is 3.46. The summed E-state index contributed by atoms with van der Waals surface area (Å²) in [6, 6.07) is 14.6. The molecule has 2 aromatic carbocycles. The molecule has 6 heteroatoms. The van der Waals surface area contributed by atoms with E-state index in [2.05, 4.69) is 16.0 Å². The van der Waals surface area contributed by atoms with Crippen LogP contribution >= 0.6 is 0 Å². The Morgan fingerprint density at radius 3 is 2.44 bits per heavy atom. The van der Waals surface area contributed by atoms with Crippen LogP contribution in [0.4, 0.5) is 16.2 Å². The molecule has 0 spiro atoms. The summed E-state index contributed by atoms with van der Waals surface area (Å²) in [7, 11) is 1.85. The third-order valence-corrected chi connectivity index (χ3v) is 4.94. The van der Waals surface area contributed by atoms with Gasteiger partial charge in [0.25, 0.3) is 5.91 Å². The SMILES string of the molecule is Cc1ccc(C(=O)N(C)C2CCNCC2)cc1NC(=O)Nc1ccccc1. The van der Waals surface area contributed by atoms with E-state index >= 15 is 0 Å². The van der Waals surface area contributed by atoms with E-state index in [0.717, 1.165) is 31.5 Å². The molecule has 142 valence electrons. The summed E-state index contributed by atoms with van der Waals surface area (Å²) in [6.07, 6.45) is 1.91. The second kappa shape index (κ2) is 8.68. The zero-order valence-electron chi connectivity index (χ0n) is 15.8. The van der Waals surface area contributed by atoms with Gasteiger partial charge in [-0.3, -0.25) is 4.79 Å². The number of hydrogen-bond donors (Lipinski definition) is 3. The Labute approximate surface area is 159 Å². The summed E-state index contributed by atoms with van der Waals surface area (Å²) < 4.78 is 0. The Hall–Kier alpha value is -2.86. The summed E-state index contributed by atoms with van der Waals surface area (Å²) in [5, 5.41) is 8.94. The van der Waals surface area contributed by atoms with Gasteiger partial charge < -0.3 is 20.9 Å². The van der Waals surface area contributed by atoms with Gasteiger partial charge in [0.15, 0.2) is 0 Å². The minimum atomic E-state index is -0.333. The van der Waals surface area contributed by atoms with Gasteiger partial charge in [-0.2, -0.15) is 0 Å². The van der Waals surface area contributed by atoms with Crippen molar-refractivity contribution in [2.75, 3.05) is 30.8 Å². The Morgan fingerprint density at radius 1 is 1.04 bits per heavy atom. The third kappa shape index (κ3) is 4.86. The first-order valence-corrected chi connectivity index (χ1v) is 9.26. The van der Waals surface area contributed by atoms with Crippen molar-refractivity contribution < 1.29 is 9.59 Å². The maximum atomic E-state index is 12.9. The van der Waals surface area contributed by atoms with Crippen LogP contribution in [0.5, 0.6) is 0 Å². The molecule has 0 radical (unpaired) electrons. The van der Waals surface area contributed by atoms with Crippen LogP contribution in [0.2, 0.25) is 0 Å². The average Bonchev–Trinajstić information content (AvgIpc) is 2.70. The van der Waals surface area contributed by atoms with Crippen LogP contribution in [0, 0.1) is 6.92 Å². The topological polar surface area (TPSA) is 73.5 Å². The van der Waals surface area contributed by atoms with Crippen LogP contribution in [-0.2, 0) is 0 Å². The highest BCUT2D eigenvalue weighted by molar-refractivity contribution is 6.02. The summed E-state index contributed by atoms with van der Waals surface area (Å²) in [4.78, 5) is 27.0. The first kappa shape index (κ1) is 18.9. The van der Waals surface area contributed by atoms with Gasteiger partial charge in [-0.1, -0.05) is 24.3 Å². The van der Waals surface area contributed by atoms with E-state index in [1.54, 1.807) is 6.07 Å². The van der Waals surface area contributed by atoms with Crippen molar-refractivity contribution in [3.05, 3.63) is 59.7 Å². The molecule has 3 amide bonds. The highest BCUT2D eigenvalue weighted by Gasteiger charge is 2.23. The molecule has 0 unspecified atom stereocenters. The van der Waals surface area contributed by atoms with E-state index in [-0.39, 0.29) is 18.0 Å². The zero-order chi connectivity index (χ0) is 19.2. The summed E-state index contributed by atoms with van der Waals surface area (Å²) in [6.45, 7) is 3.77. The van der Waals surface area contributed by atoms with Crippen LogP contribution in [0.1, 0.15) is 28.8 Å². The summed E-state index contributed by atoms with van der Waals surface area (Å²) in [5.74, 6) is -0.0200. The Kier molecular flexibility index (Phi) is 6.08. The molecule has 0 bridgehead atoms. The molecule has 1 fully saturated rings. The Morgan fingerprint density at radius 2 is 1.74 bits per heavy atom. The van der Waals surface area contributed by atoms with Crippen molar-refractivity contribution in [2.45, 2.75) is 25.8 Å². The Bertz CT molecular complexity index is 801. The molecule has 0 aliphatic carbocycles. The van der Waals surface area contributed by atoms with Crippen LogP contribution in [0.25, 0.3) is 0 Å². The third-order valence-electron chi connectivity index (χ3n) is 4.94. The molecular weight excluding hydrogens is 340 g/mol. The van der Waals surface area contributed by atoms with Crippen molar-refractivity contribution in [1.82, 2.24) is 10.2 Å². The van der Waals surface area contributed by atoms with Crippen molar-refractivity contribution in [3.8, 4) is 0 Å². The highest BCUT2D eigenvalue weighted by Crippen LogP contribution is 2.20. The lowest BCUT2D eigenvalue weighted by atomic mass is 10.0. The molecule has 2 aromatic rings. The molecule has 1 heterocycles. The number of amides is 3. The lowest BCUT2D eigenvalue weighted by molar-refractivity contribution is 0.0703. The fourth-order valence-corrected chi connectivity index (χ4v) is 3.26. The lowest BCUT2D eigenvalue weighted by Crippen LogP contribution is -2.44. The van der Waals surface area contributed by atoms with E-state index in [4.69, 9.17) is 0 Å². The molecule has 1 saturated heterocycles. The molecule has 0 saturated carbocycles. The number of carbonyl (C=O) groups is 2. The van der Waals surface area contributed by atoms with Gasteiger partial charge in [0.1, 0.15) is 0 Å². The molecule has 3 N–H and O–H groups in total. The van der Waals surface area contributed by atoms with Crippen LogP contribution in [-0.4, -0.2) is 43.0 Å². The molecule has 1 aliphatic rings. The second-order valence-electron chi connectivity index (χ2n) is 6.87. The van der Waals surface area contributed by atoms with Crippen molar-refractivity contribution >= 4 is 23.3 Å². The van der Waals surface area contributed by atoms with Crippen molar-refractivity contribution in [3.63, 3.8) is 0 Å². The number of rotatable bonds is 4. The number of aryl methyl sites for hydroxylation is 1. The first-order chi connectivity index (χ1) is 13.0. The maximum absolute atomic E-state index is 12.9. The number of hydrogen-bond acceptors (Lipinski definition) is 3. The number of urea groups is 1. The number of nitrogens with one attached hydrogen (secondary N) is 3. The number of piperidine rings is 1. The molecule has 27 heavy (non-hydrogen) atoms. The van der Waals surface area contributed by atoms with Crippen LogP contribution in [0.15, 0.2) is 48.5 Å². The van der Waals surface area contributed by atoms with Crippen molar-refractivity contribution in [2.24, 2.45) is 0 Å². The smallest absolute Gasteiger partial charge is 0.323 e. The first-order valence-electron chi connectivity index (χ1n) is 9.26. The van der Waals surface area contributed by atoms with Gasteiger partial charge in [-0.15, -0.1) is 0 Å². The van der Waals surface area contributed by atoms with E-state index in [1.807, 2.05) is 61.3 Å². The van der Waals surface area contributed by atoms with Gasteiger partial charge in [0.2, 0.25) is 0 Å². The predicted molar refractivity (Wildman–Crippen MR) is 108 cm³/mol. The van der Waals surface area contributed by atoms with Gasteiger partial charge in [-0.05, 0) is 62.7 Å². The summed E-state index contributed by atoms with van der Waals surface area (Å²) >= 11 is 0. The lowest BCUT2D eigenvalue weighted by Gasteiger charge is -2.31. The minimum Gasteiger partial charge on any atom is -0.339 e. The highest BCUT2D eigenvalue weighted by atomic mass is 16.2. The number of carbonyl (C=O) groups excluding carboxylic acids is 2. The fraction of sp³-hybridized carbons (Fsp3) is 0.333. The molecule has 1 aliphatic heterocycles. The zero-order valence-corrected chi connectivity index (χ0v) is 15.8. The van der Waals surface area contributed by atoms with Gasteiger partial charge in [0, 0.05) is 30.0 Å². The molecule has 3 rings (SSSR count). The van der Waals surface area contributed by atoms with Crippen molar-refractivity contribution in [1.29, 1.82) is 0 Å². The quantitative estimate of drug-likeness (QED) is 0.776. The molecular formula is C21H26N4O2. The molecule has 0 atom stereocenters. The number of anilines is 2. The van der Waals surface area contributed by atoms with Gasteiger partial charge >= 0.3 is 6.03 Å². The largest absolute Gasteiger partial charge is 0.339 e. The number of para-hydroxylation sites is 1. The van der Waals surface area contributed by atoms with E-state index < -0.39 is 0 Å². The van der Waals surface area contributed by atoms with Gasteiger partial charge in [-0.25, -0.2) is 4.79 Å². The Balaban J connectivity index is 1.69. The standard InChI is InChI=1S/C21H26N4O2/c1-15-8-9-16(20(26)25(2)18-10-12-22-13-11-18)14-19(15)24-21(27)23-17-6-4-3-5-7-17/h3-9,14,18,22H,10-13H2,1-2H3,(H2,23,24,27). The molecule has 6 nitrogen and oxygen atoms in total. The minimum absolute atomic E-state index is 0.0200. The van der Waals surface area contributed by atoms with Gasteiger partial charge in [0.05, 0.1) is 0 Å². The van der Waals surface area contributed by atoms with E-state index in [1.165, 1.54) is 0 Å². The van der Waals surface area contributed by atoms with E-state index in [9.17, 15) is 9.59 Å². The normalized spacial score (nSPS) is 14.4. The number of nitrogens with zero attached hydrogens (tertiary/aromatic N) is 1. The molecule has 0 aromatic heterocycles. The van der Waals surface area contributed by atoms with Crippen LogP contribution in [0.3, 0.4) is 0 Å². The van der Waals surface area contributed by atoms with E-state index in [0.29, 0.717) is 16.9 Å². The monoisotopic (exact) mass is 366 g/mol. The maximum Gasteiger partial charge on any atom is 0.323 e.